The molecule has 1 N–H and O–H groups in total. The van der Waals surface area contributed by atoms with Crippen molar-refractivity contribution in [1.82, 2.24) is 9.97 Å². The highest BCUT2D eigenvalue weighted by atomic mass is 35.5. The molecule has 0 aliphatic carbocycles. The average Bonchev–Trinajstić information content (AvgIpc) is 2.63. The molecule has 27 heavy (non-hydrogen) atoms. The Morgan fingerprint density at radius 1 is 1.26 bits per heavy atom. The molecule has 1 aliphatic heterocycles. The van der Waals surface area contributed by atoms with E-state index < -0.39 is 0 Å². The Kier molecular flexibility index (Phi) is 6.16. The Morgan fingerprint density at radius 3 is 2.70 bits per heavy atom. The summed E-state index contributed by atoms with van der Waals surface area (Å²) in [6.45, 7) is 7.84. The molecule has 0 radical (unpaired) electrons. The number of carbonyl (C=O) groups excluding carboxylic acids is 1. The number of nitrogens with one attached hydrogen (secondary N) is 1. The molecule has 1 fully saturated rings. The first kappa shape index (κ1) is 19.4. The summed E-state index contributed by atoms with van der Waals surface area (Å²) in [4.78, 5) is 23.3. The average molecular weight is 389 g/mol. The Labute approximate surface area is 164 Å². The number of hydrogen-bond donors (Lipinski definition) is 1. The predicted octanol–water partition coefficient (Wildman–Crippen LogP) is 4.00. The van der Waals surface area contributed by atoms with Crippen LogP contribution in [-0.4, -0.2) is 35.6 Å². The van der Waals surface area contributed by atoms with Crippen molar-refractivity contribution in [2.24, 2.45) is 5.92 Å². The molecule has 0 saturated carbocycles. The van der Waals surface area contributed by atoms with E-state index in [1.165, 1.54) is 0 Å². The zero-order valence-electron chi connectivity index (χ0n) is 16.0. The molecule has 1 aliphatic rings. The van der Waals surface area contributed by atoms with Crippen LogP contribution in [0.4, 0.5) is 11.6 Å². The summed E-state index contributed by atoms with van der Waals surface area (Å²) in [5, 5.41) is 3.39. The summed E-state index contributed by atoms with van der Waals surface area (Å²) in [6, 6.07) is 7.13. The van der Waals surface area contributed by atoms with Crippen LogP contribution < -0.4 is 15.0 Å². The molecule has 144 valence electrons. The lowest BCUT2D eigenvalue weighted by atomic mass is 10.00. The Hall–Kier alpha value is -2.34. The van der Waals surface area contributed by atoms with Crippen LogP contribution in [0.1, 0.15) is 31.0 Å². The molecule has 7 heteroatoms. The Bertz CT molecular complexity index is 820. The zero-order valence-corrected chi connectivity index (χ0v) is 16.7. The first-order valence-electron chi connectivity index (χ1n) is 9.20. The second-order valence-electron chi connectivity index (χ2n) is 7.12. The van der Waals surface area contributed by atoms with Crippen molar-refractivity contribution in [3.63, 3.8) is 0 Å². The minimum Gasteiger partial charge on any atom is -0.467 e. The van der Waals surface area contributed by atoms with E-state index in [-0.39, 0.29) is 12.5 Å². The van der Waals surface area contributed by atoms with Gasteiger partial charge in [0, 0.05) is 35.6 Å². The van der Waals surface area contributed by atoms with E-state index in [9.17, 15) is 4.79 Å². The van der Waals surface area contributed by atoms with E-state index in [0.717, 1.165) is 43.1 Å². The number of hydrogen-bond acceptors (Lipinski definition) is 5. The summed E-state index contributed by atoms with van der Waals surface area (Å²) in [7, 11) is 0. The number of rotatable bonds is 5. The lowest BCUT2D eigenvalue weighted by Crippen LogP contribution is -2.34. The van der Waals surface area contributed by atoms with Crippen LogP contribution in [0, 0.1) is 19.8 Å². The van der Waals surface area contributed by atoms with Crippen LogP contribution in [0.25, 0.3) is 0 Å². The Morgan fingerprint density at radius 2 is 2.00 bits per heavy atom. The van der Waals surface area contributed by atoms with Gasteiger partial charge in [-0.15, -0.1) is 0 Å². The van der Waals surface area contributed by atoms with Crippen molar-refractivity contribution < 1.29 is 9.53 Å². The predicted molar refractivity (Wildman–Crippen MR) is 108 cm³/mol. The first-order valence-corrected chi connectivity index (χ1v) is 9.58. The summed E-state index contributed by atoms with van der Waals surface area (Å²) in [6.07, 6.45) is 2.27. The molecule has 3 rings (SSSR count). The van der Waals surface area contributed by atoms with Crippen molar-refractivity contribution in [3.05, 3.63) is 40.5 Å². The fraction of sp³-hybridized carbons (Fsp3) is 0.450. The van der Waals surface area contributed by atoms with Gasteiger partial charge >= 0.3 is 0 Å². The zero-order chi connectivity index (χ0) is 19.4. The summed E-state index contributed by atoms with van der Waals surface area (Å²) in [5.41, 5.74) is 2.42. The third kappa shape index (κ3) is 5.32. The fourth-order valence-electron chi connectivity index (χ4n) is 2.96. The van der Waals surface area contributed by atoms with E-state index in [2.05, 4.69) is 27.1 Å². The molecular weight excluding hydrogens is 364 g/mol. The topological polar surface area (TPSA) is 67.3 Å². The minimum atomic E-state index is -0.264. The number of aryl methyl sites for hydroxylation is 2. The van der Waals surface area contributed by atoms with Gasteiger partial charge in [0.05, 0.1) is 0 Å². The van der Waals surface area contributed by atoms with Gasteiger partial charge in [-0.1, -0.05) is 24.6 Å². The molecule has 1 aromatic heterocycles. The number of halogens is 1. The normalized spacial score (nSPS) is 14.9. The summed E-state index contributed by atoms with van der Waals surface area (Å²) in [5.74, 6) is 1.55. The van der Waals surface area contributed by atoms with E-state index in [1.807, 2.05) is 26.0 Å². The molecule has 1 amide bonds. The molecule has 1 aromatic carbocycles. The monoisotopic (exact) mass is 388 g/mol. The molecule has 0 atom stereocenters. The maximum absolute atomic E-state index is 12.2. The van der Waals surface area contributed by atoms with Crippen molar-refractivity contribution in [3.8, 4) is 5.88 Å². The molecule has 6 nitrogen and oxygen atoms in total. The van der Waals surface area contributed by atoms with Crippen LogP contribution >= 0.6 is 11.6 Å². The number of carbonyl (C=O) groups is 1. The molecule has 0 bridgehead atoms. The fourth-order valence-corrected chi connectivity index (χ4v) is 3.14. The van der Waals surface area contributed by atoms with Crippen LogP contribution in [0.2, 0.25) is 5.02 Å². The largest absolute Gasteiger partial charge is 0.467 e. The molecule has 0 spiro atoms. The minimum absolute atomic E-state index is 0.127. The maximum Gasteiger partial charge on any atom is 0.262 e. The van der Waals surface area contributed by atoms with Gasteiger partial charge in [-0.3, -0.25) is 4.79 Å². The number of piperidine rings is 1. The van der Waals surface area contributed by atoms with Gasteiger partial charge < -0.3 is 15.0 Å². The third-order valence-corrected chi connectivity index (χ3v) is 5.10. The highest BCUT2D eigenvalue weighted by molar-refractivity contribution is 6.31. The van der Waals surface area contributed by atoms with Gasteiger partial charge in [0.15, 0.2) is 6.61 Å². The third-order valence-electron chi connectivity index (χ3n) is 4.69. The second-order valence-corrected chi connectivity index (χ2v) is 7.53. The van der Waals surface area contributed by atoms with E-state index in [1.54, 1.807) is 12.1 Å². The first-order chi connectivity index (χ1) is 12.9. The van der Waals surface area contributed by atoms with Gasteiger partial charge in [0.2, 0.25) is 11.8 Å². The molecular formula is C20H25ClN4O2. The number of anilines is 2. The number of ether oxygens (including phenoxy) is 1. The number of aromatic nitrogens is 2. The van der Waals surface area contributed by atoms with Crippen molar-refractivity contribution in [2.45, 2.75) is 33.6 Å². The molecule has 2 heterocycles. The Balaban J connectivity index is 1.60. The van der Waals surface area contributed by atoms with E-state index in [4.69, 9.17) is 16.3 Å². The van der Waals surface area contributed by atoms with Crippen LogP contribution in [0.5, 0.6) is 5.88 Å². The van der Waals surface area contributed by atoms with Crippen molar-refractivity contribution in [2.75, 3.05) is 29.9 Å². The highest BCUT2D eigenvalue weighted by Crippen LogP contribution is 2.23. The van der Waals surface area contributed by atoms with Crippen molar-refractivity contribution >= 4 is 29.1 Å². The smallest absolute Gasteiger partial charge is 0.262 e. The van der Waals surface area contributed by atoms with Gasteiger partial charge in [-0.2, -0.15) is 4.98 Å². The number of amides is 1. The van der Waals surface area contributed by atoms with Crippen LogP contribution in [-0.2, 0) is 4.79 Å². The second kappa shape index (κ2) is 8.57. The summed E-state index contributed by atoms with van der Waals surface area (Å²) < 4.78 is 5.60. The number of benzene rings is 1. The summed E-state index contributed by atoms with van der Waals surface area (Å²) >= 11 is 6.08. The lowest BCUT2D eigenvalue weighted by Gasteiger charge is -2.30. The molecule has 1 saturated heterocycles. The SMILES string of the molecule is Cc1cc(OCC(=O)Nc2ccc(C)c(Cl)c2)nc(N2CCC(C)CC2)n1. The highest BCUT2D eigenvalue weighted by Gasteiger charge is 2.19. The van der Waals surface area contributed by atoms with E-state index >= 15 is 0 Å². The quantitative estimate of drug-likeness (QED) is 0.838. The number of nitrogens with zero attached hydrogens (tertiary/aromatic N) is 3. The lowest BCUT2D eigenvalue weighted by molar-refractivity contribution is -0.118. The van der Waals surface area contributed by atoms with Gasteiger partial charge in [0.1, 0.15) is 0 Å². The van der Waals surface area contributed by atoms with Gasteiger partial charge in [0.25, 0.3) is 5.91 Å². The maximum atomic E-state index is 12.2. The van der Waals surface area contributed by atoms with Gasteiger partial charge in [-0.25, -0.2) is 4.98 Å². The molecule has 2 aromatic rings. The van der Waals surface area contributed by atoms with E-state index in [0.29, 0.717) is 22.5 Å². The van der Waals surface area contributed by atoms with Crippen LogP contribution in [0.3, 0.4) is 0 Å². The van der Waals surface area contributed by atoms with Crippen molar-refractivity contribution in [1.29, 1.82) is 0 Å². The van der Waals surface area contributed by atoms with Gasteiger partial charge in [-0.05, 0) is 50.3 Å². The molecule has 0 unspecified atom stereocenters. The van der Waals surface area contributed by atoms with Crippen LogP contribution in [0.15, 0.2) is 24.3 Å². The standard InChI is InChI=1S/C20H25ClN4O2/c1-13-6-8-25(9-7-13)20-22-15(3)10-19(24-20)27-12-18(26)23-16-5-4-14(2)17(21)11-16/h4-5,10-11,13H,6-9,12H2,1-3H3,(H,23,26).